The van der Waals surface area contributed by atoms with Crippen LogP contribution in [0.15, 0.2) is 133 Å². The molecule has 2 heteroatoms. The highest BCUT2D eigenvalue weighted by atomic mass is 31.1. The van der Waals surface area contributed by atoms with Crippen LogP contribution in [0.4, 0.5) is 0 Å². The average Bonchev–Trinajstić information content (AvgIpc) is 3.10. The van der Waals surface area contributed by atoms with Crippen LogP contribution < -0.4 is 31.8 Å². The summed E-state index contributed by atoms with van der Waals surface area (Å²) in [7, 11) is -1.90. The molecular weight excluding hydrogens is 711 g/mol. The van der Waals surface area contributed by atoms with Crippen LogP contribution in [0.1, 0.15) is 55.6 Å². The number of hydrogen-bond acceptors (Lipinski definition) is 0. The van der Waals surface area contributed by atoms with Gasteiger partial charge in [0.2, 0.25) is 0 Å². The molecule has 0 fully saturated rings. The summed E-state index contributed by atoms with van der Waals surface area (Å²) in [4.78, 5) is 0. The van der Waals surface area contributed by atoms with Crippen molar-refractivity contribution in [1.29, 1.82) is 0 Å². The van der Waals surface area contributed by atoms with Crippen LogP contribution in [0, 0.1) is 69.2 Å². The Kier molecular flexibility index (Phi) is 10.3. The molecule has 0 bridgehead atoms. The Hall–Kier alpha value is -4.86. The molecule has 8 aromatic rings. The molecule has 0 aromatic heterocycles. The molecular formula is C54H52P2. The van der Waals surface area contributed by atoms with Gasteiger partial charge in [0, 0.05) is 0 Å². The van der Waals surface area contributed by atoms with Gasteiger partial charge in [-0.2, -0.15) is 0 Å². The van der Waals surface area contributed by atoms with Crippen molar-refractivity contribution in [3.8, 4) is 11.1 Å². The van der Waals surface area contributed by atoms with E-state index in [2.05, 4.69) is 203 Å². The van der Waals surface area contributed by atoms with E-state index in [4.69, 9.17) is 0 Å². The van der Waals surface area contributed by atoms with Crippen molar-refractivity contribution in [2.45, 2.75) is 69.2 Å². The molecule has 0 radical (unpaired) electrons. The molecule has 0 aliphatic rings. The van der Waals surface area contributed by atoms with Gasteiger partial charge >= 0.3 is 0 Å². The van der Waals surface area contributed by atoms with Gasteiger partial charge in [-0.25, -0.2) is 0 Å². The van der Waals surface area contributed by atoms with Crippen molar-refractivity contribution >= 4 is 69.2 Å². The van der Waals surface area contributed by atoms with Crippen LogP contribution >= 0.6 is 15.8 Å². The van der Waals surface area contributed by atoms with E-state index in [1.165, 1.54) is 120 Å². The Labute approximate surface area is 337 Å². The molecule has 8 aromatic carbocycles. The van der Waals surface area contributed by atoms with Gasteiger partial charge in [-0.3, -0.25) is 0 Å². The third-order valence-electron chi connectivity index (χ3n) is 10.9. The van der Waals surface area contributed by atoms with Crippen LogP contribution in [0.25, 0.3) is 32.7 Å². The zero-order chi connectivity index (χ0) is 39.4. The quantitative estimate of drug-likeness (QED) is 0.142. The predicted molar refractivity (Wildman–Crippen MR) is 252 cm³/mol. The fourth-order valence-electron chi connectivity index (χ4n) is 8.95. The molecule has 0 nitrogen and oxygen atoms in total. The van der Waals surface area contributed by atoms with E-state index in [-0.39, 0.29) is 0 Å². The minimum absolute atomic E-state index is 0.951. The molecule has 0 aliphatic heterocycles. The number of fused-ring (bicyclic) bond motifs is 2. The highest BCUT2D eigenvalue weighted by molar-refractivity contribution is 7.81. The van der Waals surface area contributed by atoms with Crippen molar-refractivity contribution < 1.29 is 0 Å². The minimum atomic E-state index is -0.951. The maximum Gasteiger partial charge on any atom is -0.000883 e. The zero-order valence-corrected chi connectivity index (χ0v) is 36.4. The fourth-order valence-corrected chi connectivity index (χ4v) is 14.7. The van der Waals surface area contributed by atoms with Gasteiger partial charge in [0.15, 0.2) is 0 Å². The van der Waals surface area contributed by atoms with Crippen molar-refractivity contribution in [2.24, 2.45) is 0 Å². The molecule has 0 unspecified atom stereocenters. The van der Waals surface area contributed by atoms with E-state index >= 15 is 0 Å². The second kappa shape index (κ2) is 15.2. The molecule has 0 heterocycles. The Morgan fingerprint density at radius 3 is 0.786 bits per heavy atom. The maximum atomic E-state index is 2.49. The third-order valence-corrected chi connectivity index (χ3v) is 15.7. The lowest BCUT2D eigenvalue weighted by molar-refractivity contribution is 1.40. The standard InChI is InChI=1S/C54H52P2/c1-33-11-15-49-43(23-33)13-17-51(55(45-25-35(3)19-36(4)26-45)46-27-37(5)20-38(6)28-46)53(49)54-50-16-12-34(2)24-44(50)14-18-52(54)56(47-29-39(7)21-40(8)30-47)48-31-41(9)22-42(10)32-48/h11-32H,1-10H3. The van der Waals surface area contributed by atoms with Gasteiger partial charge in [0.25, 0.3) is 0 Å². The van der Waals surface area contributed by atoms with E-state index in [1.807, 2.05) is 0 Å². The molecule has 0 saturated heterocycles. The molecule has 278 valence electrons. The first-order chi connectivity index (χ1) is 26.8. The monoisotopic (exact) mass is 762 g/mol. The summed E-state index contributed by atoms with van der Waals surface area (Å²) in [6.45, 7) is 22.5. The summed E-state index contributed by atoms with van der Waals surface area (Å²) < 4.78 is 0. The summed E-state index contributed by atoms with van der Waals surface area (Å²) in [5.41, 5.74) is 15.8. The SMILES string of the molecule is Cc1cc(C)cc(P(c2cc(C)cc(C)c2)c2ccc3cc(C)ccc3c2-c2c(P(c3cc(C)cc(C)c3)c3cc(C)cc(C)c3)ccc3cc(C)ccc23)c1. The smallest absolute Gasteiger partial charge is 0.000883 e. The lowest BCUT2D eigenvalue weighted by Crippen LogP contribution is -2.27. The Bertz CT molecular complexity index is 2440. The van der Waals surface area contributed by atoms with E-state index in [9.17, 15) is 0 Å². The van der Waals surface area contributed by atoms with E-state index in [0.717, 1.165) is 0 Å². The minimum Gasteiger partial charge on any atom is -0.0587 e. The summed E-state index contributed by atoms with van der Waals surface area (Å²) in [5, 5.41) is 13.6. The second-order valence-corrected chi connectivity index (χ2v) is 20.8. The van der Waals surface area contributed by atoms with Crippen LogP contribution in [-0.4, -0.2) is 0 Å². The van der Waals surface area contributed by atoms with Crippen molar-refractivity contribution in [3.05, 3.63) is 189 Å². The highest BCUT2D eigenvalue weighted by Gasteiger charge is 2.29. The molecule has 0 spiro atoms. The van der Waals surface area contributed by atoms with Crippen LogP contribution in [-0.2, 0) is 0 Å². The number of aryl methyl sites for hydroxylation is 10. The average molecular weight is 763 g/mol. The van der Waals surface area contributed by atoms with E-state index in [1.54, 1.807) is 0 Å². The first kappa shape index (κ1) is 38.0. The molecule has 0 aliphatic carbocycles. The molecule has 8 rings (SSSR count). The molecule has 56 heavy (non-hydrogen) atoms. The highest BCUT2D eigenvalue weighted by Crippen LogP contribution is 2.46. The van der Waals surface area contributed by atoms with E-state index < -0.39 is 15.8 Å². The van der Waals surface area contributed by atoms with Gasteiger partial charge in [-0.05, 0) is 150 Å². The predicted octanol–water partition coefficient (Wildman–Crippen LogP) is 12.3. The Morgan fingerprint density at radius 2 is 0.518 bits per heavy atom. The Balaban J connectivity index is 1.58. The molecule has 0 atom stereocenters. The number of benzene rings is 8. The van der Waals surface area contributed by atoms with Gasteiger partial charge in [0.1, 0.15) is 0 Å². The van der Waals surface area contributed by atoms with Gasteiger partial charge in [0.05, 0.1) is 0 Å². The van der Waals surface area contributed by atoms with Gasteiger partial charge in [-0.1, -0.05) is 189 Å². The number of rotatable bonds is 7. The van der Waals surface area contributed by atoms with Crippen LogP contribution in [0.5, 0.6) is 0 Å². The summed E-state index contributed by atoms with van der Waals surface area (Å²) in [6.07, 6.45) is 0. The summed E-state index contributed by atoms with van der Waals surface area (Å²) in [5.74, 6) is 0. The Morgan fingerprint density at radius 1 is 0.250 bits per heavy atom. The van der Waals surface area contributed by atoms with Gasteiger partial charge < -0.3 is 0 Å². The van der Waals surface area contributed by atoms with Gasteiger partial charge in [-0.15, -0.1) is 0 Å². The molecule has 0 saturated carbocycles. The third kappa shape index (κ3) is 7.51. The summed E-state index contributed by atoms with van der Waals surface area (Å²) >= 11 is 0. The zero-order valence-electron chi connectivity index (χ0n) is 34.6. The first-order valence-electron chi connectivity index (χ1n) is 19.8. The second-order valence-electron chi connectivity index (χ2n) is 16.4. The van der Waals surface area contributed by atoms with Crippen LogP contribution in [0.2, 0.25) is 0 Å². The lowest BCUT2D eigenvalue weighted by atomic mass is 9.92. The molecule has 0 N–H and O–H groups in total. The summed E-state index contributed by atoms with van der Waals surface area (Å²) in [6, 6.07) is 52.8. The van der Waals surface area contributed by atoms with Crippen molar-refractivity contribution in [2.75, 3.05) is 0 Å². The number of hydrogen-bond donors (Lipinski definition) is 0. The van der Waals surface area contributed by atoms with Crippen LogP contribution in [0.3, 0.4) is 0 Å². The van der Waals surface area contributed by atoms with Crippen molar-refractivity contribution in [1.82, 2.24) is 0 Å². The van der Waals surface area contributed by atoms with E-state index in [0.29, 0.717) is 0 Å². The normalized spacial score (nSPS) is 11.7. The topological polar surface area (TPSA) is 0 Å². The largest absolute Gasteiger partial charge is 0.0587 e. The first-order valence-corrected chi connectivity index (χ1v) is 22.5. The molecule has 0 amide bonds. The fraction of sp³-hybridized carbons (Fsp3) is 0.185. The maximum absolute atomic E-state index is 2.49. The lowest BCUT2D eigenvalue weighted by Gasteiger charge is -2.29. The van der Waals surface area contributed by atoms with Crippen molar-refractivity contribution in [3.63, 3.8) is 0 Å².